The van der Waals surface area contributed by atoms with E-state index in [-0.39, 0.29) is 13.0 Å². The lowest BCUT2D eigenvalue weighted by Gasteiger charge is -2.19. The van der Waals surface area contributed by atoms with E-state index in [9.17, 15) is 13.6 Å². The van der Waals surface area contributed by atoms with Gasteiger partial charge in [0.2, 0.25) is 0 Å². The first kappa shape index (κ1) is 10.4. The Bertz CT molecular complexity index is 188. The predicted molar refractivity (Wildman–Crippen MR) is 40.6 cm³/mol. The molecule has 1 heterocycles. The third-order valence-corrected chi connectivity index (χ3v) is 1.88. The molecule has 0 saturated carbocycles. The van der Waals surface area contributed by atoms with Crippen molar-refractivity contribution < 1.29 is 23.0 Å². The average Bonchev–Trinajstić information content (AvgIpc) is 2.56. The molecule has 0 aromatic heterocycles. The molecule has 76 valence electrons. The lowest BCUT2D eigenvalue weighted by Crippen LogP contribution is -2.42. The smallest absolute Gasteiger partial charge is 0.379 e. The number of rotatable bonds is 3. The van der Waals surface area contributed by atoms with Crippen molar-refractivity contribution in [2.24, 2.45) is 0 Å². The van der Waals surface area contributed by atoms with Crippen LogP contribution in [0.3, 0.4) is 0 Å². The van der Waals surface area contributed by atoms with E-state index in [1.54, 1.807) is 0 Å². The van der Waals surface area contributed by atoms with Crippen LogP contribution in [0, 0.1) is 0 Å². The van der Waals surface area contributed by atoms with E-state index in [2.05, 4.69) is 4.74 Å². The van der Waals surface area contributed by atoms with Crippen molar-refractivity contribution in [3.05, 3.63) is 0 Å². The number of carbonyl (C=O) groups is 1. The first-order chi connectivity index (χ1) is 6.09. The van der Waals surface area contributed by atoms with E-state index >= 15 is 0 Å². The molecule has 1 rings (SSSR count). The van der Waals surface area contributed by atoms with Gasteiger partial charge >= 0.3 is 11.9 Å². The van der Waals surface area contributed by atoms with Crippen LogP contribution in [-0.2, 0) is 14.3 Å². The van der Waals surface area contributed by atoms with E-state index < -0.39 is 18.0 Å². The normalized spacial score (nSPS) is 23.2. The third kappa shape index (κ3) is 2.15. The minimum Gasteiger partial charge on any atom is -0.461 e. The second-order valence-electron chi connectivity index (χ2n) is 2.85. The molecule has 0 aliphatic carbocycles. The Hall–Kier alpha value is -0.710. The van der Waals surface area contributed by atoms with Crippen LogP contribution in [0.25, 0.3) is 0 Å². The first-order valence-corrected chi connectivity index (χ1v) is 4.25. The monoisotopic (exact) mass is 194 g/mol. The van der Waals surface area contributed by atoms with E-state index in [4.69, 9.17) is 4.74 Å². The number of alkyl halides is 2. The number of carbonyl (C=O) groups excluding carboxylic acids is 1. The lowest BCUT2D eigenvalue weighted by molar-refractivity contribution is -0.189. The second kappa shape index (κ2) is 4.00. The molecule has 0 bridgehead atoms. The van der Waals surface area contributed by atoms with Gasteiger partial charge in [0.1, 0.15) is 6.10 Å². The van der Waals surface area contributed by atoms with Gasteiger partial charge in [-0.1, -0.05) is 0 Å². The van der Waals surface area contributed by atoms with Crippen LogP contribution in [0.2, 0.25) is 0 Å². The van der Waals surface area contributed by atoms with Crippen LogP contribution in [0.5, 0.6) is 0 Å². The fourth-order valence-corrected chi connectivity index (χ4v) is 1.22. The molecular formula is C8H12F2O3. The zero-order valence-electron chi connectivity index (χ0n) is 7.39. The summed E-state index contributed by atoms with van der Waals surface area (Å²) < 4.78 is 35.2. The Balaban J connectivity index is 2.57. The summed E-state index contributed by atoms with van der Waals surface area (Å²) in [6, 6.07) is 0. The second-order valence-corrected chi connectivity index (χ2v) is 2.85. The van der Waals surface area contributed by atoms with Crippen molar-refractivity contribution in [2.45, 2.75) is 31.8 Å². The molecule has 0 aromatic carbocycles. The summed E-state index contributed by atoms with van der Waals surface area (Å²) in [6.07, 6.45) is -0.516. The molecule has 5 heteroatoms. The number of esters is 1. The van der Waals surface area contributed by atoms with Gasteiger partial charge in [-0.2, -0.15) is 8.78 Å². The zero-order chi connectivity index (χ0) is 9.90. The Labute approximate surface area is 75.0 Å². The highest BCUT2D eigenvalue weighted by molar-refractivity contribution is 5.78. The quantitative estimate of drug-likeness (QED) is 0.636. The molecular weight excluding hydrogens is 182 g/mol. The number of hydrogen-bond donors (Lipinski definition) is 0. The molecule has 13 heavy (non-hydrogen) atoms. The number of hydrogen-bond acceptors (Lipinski definition) is 3. The Morgan fingerprint density at radius 3 is 2.85 bits per heavy atom. The Morgan fingerprint density at radius 2 is 2.38 bits per heavy atom. The zero-order valence-corrected chi connectivity index (χ0v) is 7.39. The maximum Gasteiger partial charge on any atom is 0.379 e. The predicted octanol–water partition coefficient (Wildman–Crippen LogP) is 1.36. The van der Waals surface area contributed by atoms with Crippen molar-refractivity contribution in [1.82, 2.24) is 0 Å². The van der Waals surface area contributed by atoms with Gasteiger partial charge in [0.15, 0.2) is 0 Å². The molecule has 0 unspecified atom stereocenters. The Morgan fingerprint density at radius 1 is 1.69 bits per heavy atom. The molecule has 0 amide bonds. The summed E-state index contributed by atoms with van der Waals surface area (Å²) in [5.41, 5.74) is 0. The molecule has 3 nitrogen and oxygen atoms in total. The summed E-state index contributed by atoms with van der Waals surface area (Å²) in [7, 11) is 0. The van der Waals surface area contributed by atoms with Crippen molar-refractivity contribution in [3.63, 3.8) is 0 Å². The van der Waals surface area contributed by atoms with Gasteiger partial charge in [0.25, 0.3) is 0 Å². The topological polar surface area (TPSA) is 35.5 Å². The molecule has 1 aliphatic heterocycles. The maximum absolute atomic E-state index is 13.1. The van der Waals surface area contributed by atoms with E-state index in [1.165, 1.54) is 6.92 Å². The molecule has 0 aromatic rings. The minimum atomic E-state index is -3.49. The first-order valence-electron chi connectivity index (χ1n) is 4.25. The van der Waals surface area contributed by atoms with Crippen LogP contribution in [0.1, 0.15) is 19.8 Å². The van der Waals surface area contributed by atoms with Crippen molar-refractivity contribution in [1.29, 1.82) is 0 Å². The van der Waals surface area contributed by atoms with Gasteiger partial charge < -0.3 is 9.47 Å². The van der Waals surface area contributed by atoms with Gasteiger partial charge in [0, 0.05) is 6.61 Å². The SMILES string of the molecule is CCOC(=O)C(F)(F)[C@@H]1CCCO1. The van der Waals surface area contributed by atoms with E-state index in [1.807, 2.05) is 0 Å². The summed E-state index contributed by atoms with van der Waals surface area (Å²) in [5.74, 6) is -4.98. The summed E-state index contributed by atoms with van der Waals surface area (Å²) >= 11 is 0. The van der Waals surface area contributed by atoms with Gasteiger partial charge in [-0.15, -0.1) is 0 Å². The van der Waals surface area contributed by atoms with Gasteiger partial charge in [-0.05, 0) is 19.8 Å². The Kier molecular flexibility index (Phi) is 3.19. The van der Waals surface area contributed by atoms with Gasteiger partial charge in [-0.3, -0.25) is 0 Å². The molecule has 0 spiro atoms. The van der Waals surface area contributed by atoms with Crippen LogP contribution in [-0.4, -0.2) is 31.2 Å². The van der Waals surface area contributed by atoms with Crippen molar-refractivity contribution >= 4 is 5.97 Å². The van der Waals surface area contributed by atoms with Gasteiger partial charge in [0.05, 0.1) is 6.61 Å². The molecule has 1 fully saturated rings. The maximum atomic E-state index is 13.1. The van der Waals surface area contributed by atoms with E-state index in [0.717, 1.165) is 0 Å². The third-order valence-electron chi connectivity index (χ3n) is 1.88. The van der Waals surface area contributed by atoms with Gasteiger partial charge in [-0.25, -0.2) is 4.79 Å². The molecule has 0 radical (unpaired) electrons. The summed E-state index contributed by atoms with van der Waals surface area (Å²) in [5, 5.41) is 0. The van der Waals surface area contributed by atoms with Crippen molar-refractivity contribution in [2.75, 3.05) is 13.2 Å². The fraction of sp³-hybridized carbons (Fsp3) is 0.875. The lowest BCUT2D eigenvalue weighted by atomic mass is 10.1. The van der Waals surface area contributed by atoms with E-state index in [0.29, 0.717) is 13.0 Å². The highest BCUT2D eigenvalue weighted by atomic mass is 19.3. The molecule has 1 saturated heterocycles. The number of halogens is 2. The summed E-state index contributed by atoms with van der Waals surface area (Å²) in [4.78, 5) is 10.8. The average molecular weight is 194 g/mol. The largest absolute Gasteiger partial charge is 0.461 e. The van der Waals surface area contributed by atoms with Crippen LogP contribution in [0.15, 0.2) is 0 Å². The van der Waals surface area contributed by atoms with Crippen LogP contribution in [0.4, 0.5) is 8.78 Å². The highest BCUT2D eigenvalue weighted by Crippen LogP contribution is 2.30. The standard InChI is InChI=1S/C8H12F2O3/c1-2-12-7(11)8(9,10)6-4-3-5-13-6/h6H,2-5H2,1H3/t6-/m0/s1. The fourth-order valence-electron chi connectivity index (χ4n) is 1.22. The summed E-state index contributed by atoms with van der Waals surface area (Å²) in [6.45, 7) is 1.74. The molecule has 1 aliphatic rings. The van der Waals surface area contributed by atoms with Crippen molar-refractivity contribution in [3.8, 4) is 0 Å². The minimum absolute atomic E-state index is 0.0405. The van der Waals surface area contributed by atoms with Crippen LogP contribution < -0.4 is 0 Å². The molecule has 1 atom stereocenters. The van der Waals surface area contributed by atoms with Crippen LogP contribution >= 0.6 is 0 Å². The molecule has 0 N–H and O–H groups in total. The highest BCUT2D eigenvalue weighted by Gasteiger charge is 2.50. The number of ether oxygens (including phenoxy) is 2.